The molecule has 1 aliphatic rings. The number of hydrogen-bond donors (Lipinski definition) is 1. The second-order valence-electron chi connectivity index (χ2n) is 6.09. The zero-order chi connectivity index (χ0) is 12.8. The van der Waals surface area contributed by atoms with Gasteiger partial charge in [-0.3, -0.25) is 0 Å². The Balaban J connectivity index is 2.06. The van der Waals surface area contributed by atoms with E-state index in [2.05, 4.69) is 49.5 Å². The fourth-order valence-electron chi connectivity index (χ4n) is 3.05. The SMILES string of the molecule is CC(C)CNC(c1ccccc1)C1CCCCC1. The summed E-state index contributed by atoms with van der Waals surface area (Å²) in [4.78, 5) is 0. The predicted molar refractivity (Wildman–Crippen MR) is 78.6 cm³/mol. The fraction of sp³-hybridized carbons (Fsp3) is 0.647. The van der Waals surface area contributed by atoms with E-state index in [9.17, 15) is 0 Å². The van der Waals surface area contributed by atoms with Crippen molar-refractivity contribution < 1.29 is 0 Å². The average molecular weight is 245 g/mol. The highest BCUT2D eigenvalue weighted by molar-refractivity contribution is 5.19. The second-order valence-corrected chi connectivity index (χ2v) is 6.09. The van der Waals surface area contributed by atoms with Crippen molar-refractivity contribution in [1.29, 1.82) is 0 Å². The summed E-state index contributed by atoms with van der Waals surface area (Å²) in [7, 11) is 0. The summed E-state index contributed by atoms with van der Waals surface area (Å²) in [5.74, 6) is 1.56. The van der Waals surface area contributed by atoms with E-state index in [0.29, 0.717) is 6.04 Å². The van der Waals surface area contributed by atoms with Crippen molar-refractivity contribution in [2.45, 2.75) is 52.0 Å². The van der Waals surface area contributed by atoms with Gasteiger partial charge in [0, 0.05) is 6.04 Å². The van der Waals surface area contributed by atoms with Crippen LogP contribution in [0.25, 0.3) is 0 Å². The normalized spacial score (nSPS) is 19.1. The molecule has 1 N–H and O–H groups in total. The van der Waals surface area contributed by atoms with Crippen LogP contribution in [0.5, 0.6) is 0 Å². The van der Waals surface area contributed by atoms with Crippen LogP contribution >= 0.6 is 0 Å². The highest BCUT2D eigenvalue weighted by Gasteiger charge is 2.24. The molecule has 18 heavy (non-hydrogen) atoms. The van der Waals surface area contributed by atoms with Gasteiger partial charge in [-0.25, -0.2) is 0 Å². The van der Waals surface area contributed by atoms with Crippen LogP contribution in [-0.2, 0) is 0 Å². The van der Waals surface area contributed by atoms with Gasteiger partial charge in [-0.15, -0.1) is 0 Å². The molecule has 1 heteroatoms. The Morgan fingerprint density at radius 3 is 2.33 bits per heavy atom. The molecule has 1 saturated carbocycles. The van der Waals surface area contributed by atoms with Gasteiger partial charge in [-0.2, -0.15) is 0 Å². The Bertz CT molecular complexity index is 325. The second kappa shape index (κ2) is 6.94. The average Bonchev–Trinajstić information content (AvgIpc) is 2.41. The van der Waals surface area contributed by atoms with Crippen molar-refractivity contribution >= 4 is 0 Å². The maximum atomic E-state index is 3.81. The predicted octanol–water partition coefficient (Wildman–Crippen LogP) is 4.55. The molecule has 1 aliphatic carbocycles. The smallest absolute Gasteiger partial charge is 0.0348 e. The molecule has 1 aromatic carbocycles. The third-order valence-electron chi connectivity index (χ3n) is 4.03. The Morgan fingerprint density at radius 2 is 1.72 bits per heavy atom. The van der Waals surface area contributed by atoms with Gasteiger partial charge >= 0.3 is 0 Å². The van der Waals surface area contributed by atoms with Crippen LogP contribution in [0, 0.1) is 11.8 Å². The summed E-state index contributed by atoms with van der Waals surface area (Å²) in [6.07, 6.45) is 7.05. The third-order valence-corrected chi connectivity index (χ3v) is 4.03. The van der Waals surface area contributed by atoms with Crippen LogP contribution in [0.15, 0.2) is 30.3 Å². The van der Waals surface area contributed by atoms with Crippen molar-refractivity contribution in [3.05, 3.63) is 35.9 Å². The molecule has 1 fully saturated rings. The summed E-state index contributed by atoms with van der Waals surface area (Å²) in [6, 6.07) is 11.6. The minimum absolute atomic E-state index is 0.564. The monoisotopic (exact) mass is 245 g/mol. The molecule has 1 nitrogen and oxygen atoms in total. The summed E-state index contributed by atoms with van der Waals surface area (Å²) < 4.78 is 0. The molecule has 2 rings (SSSR count). The minimum Gasteiger partial charge on any atom is -0.309 e. The molecule has 0 spiro atoms. The molecule has 0 aliphatic heterocycles. The molecule has 0 bridgehead atoms. The van der Waals surface area contributed by atoms with Crippen LogP contribution in [0.3, 0.4) is 0 Å². The van der Waals surface area contributed by atoms with Gasteiger partial charge in [-0.05, 0) is 36.8 Å². The lowest BCUT2D eigenvalue weighted by Gasteiger charge is -2.32. The summed E-state index contributed by atoms with van der Waals surface area (Å²) in [6.45, 7) is 5.70. The fourth-order valence-corrected chi connectivity index (χ4v) is 3.05. The molecule has 0 saturated heterocycles. The Hall–Kier alpha value is -0.820. The number of hydrogen-bond acceptors (Lipinski definition) is 1. The van der Waals surface area contributed by atoms with Gasteiger partial charge in [0.1, 0.15) is 0 Å². The molecule has 1 aromatic rings. The Morgan fingerprint density at radius 1 is 1.06 bits per heavy atom. The van der Waals surface area contributed by atoms with E-state index in [1.807, 2.05) is 0 Å². The van der Waals surface area contributed by atoms with Crippen molar-refractivity contribution in [1.82, 2.24) is 5.32 Å². The Labute approximate surface area is 112 Å². The molecule has 0 radical (unpaired) electrons. The topological polar surface area (TPSA) is 12.0 Å². The van der Waals surface area contributed by atoms with Crippen molar-refractivity contribution in [3.63, 3.8) is 0 Å². The lowest BCUT2D eigenvalue weighted by atomic mass is 9.81. The van der Waals surface area contributed by atoms with E-state index in [1.165, 1.54) is 37.7 Å². The van der Waals surface area contributed by atoms with E-state index >= 15 is 0 Å². The molecule has 1 atom stereocenters. The van der Waals surface area contributed by atoms with E-state index in [1.54, 1.807) is 0 Å². The third kappa shape index (κ3) is 3.84. The van der Waals surface area contributed by atoms with Gasteiger partial charge < -0.3 is 5.32 Å². The number of benzene rings is 1. The molecule has 0 heterocycles. The van der Waals surface area contributed by atoms with Gasteiger partial charge in [0.15, 0.2) is 0 Å². The highest BCUT2D eigenvalue weighted by atomic mass is 14.9. The molecular formula is C17H27N. The number of nitrogens with one attached hydrogen (secondary N) is 1. The lowest BCUT2D eigenvalue weighted by Crippen LogP contribution is -2.32. The maximum Gasteiger partial charge on any atom is 0.0348 e. The van der Waals surface area contributed by atoms with Gasteiger partial charge in [0.2, 0.25) is 0 Å². The van der Waals surface area contributed by atoms with E-state index in [0.717, 1.165) is 18.4 Å². The largest absolute Gasteiger partial charge is 0.309 e. The Kier molecular flexibility index (Phi) is 5.25. The molecular weight excluding hydrogens is 218 g/mol. The van der Waals surface area contributed by atoms with Gasteiger partial charge in [-0.1, -0.05) is 63.4 Å². The molecule has 0 amide bonds. The summed E-state index contributed by atoms with van der Waals surface area (Å²) >= 11 is 0. The number of rotatable bonds is 5. The van der Waals surface area contributed by atoms with Crippen LogP contribution in [-0.4, -0.2) is 6.54 Å². The van der Waals surface area contributed by atoms with Crippen LogP contribution < -0.4 is 5.32 Å². The first kappa shape index (κ1) is 13.6. The van der Waals surface area contributed by atoms with Crippen molar-refractivity contribution in [2.24, 2.45) is 11.8 Å². The van der Waals surface area contributed by atoms with Crippen molar-refractivity contribution in [3.8, 4) is 0 Å². The maximum absolute atomic E-state index is 3.81. The first-order valence-electron chi connectivity index (χ1n) is 7.55. The van der Waals surface area contributed by atoms with E-state index in [4.69, 9.17) is 0 Å². The first-order valence-corrected chi connectivity index (χ1v) is 7.55. The molecule has 0 aromatic heterocycles. The van der Waals surface area contributed by atoms with Gasteiger partial charge in [0.25, 0.3) is 0 Å². The minimum atomic E-state index is 0.564. The van der Waals surface area contributed by atoms with E-state index < -0.39 is 0 Å². The standard InChI is InChI=1S/C17H27N/c1-14(2)13-18-17(15-9-5-3-6-10-15)16-11-7-4-8-12-16/h3,5-6,9-10,14,16-18H,4,7-8,11-13H2,1-2H3. The summed E-state index contributed by atoms with van der Waals surface area (Å²) in [5.41, 5.74) is 1.48. The molecule has 1 unspecified atom stereocenters. The van der Waals surface area contributed by atoms with E-state index in [-0.39, 0.29) is 0 Å². The lowest BCUT2D eigenvalue weighted by molar-refractivity contribution is 0.265. The van der Waals surface area contributed by atoms with Crippen molar-refractivity contribution in [2.75, 3.05) is 6.54 Å². The highest BCUT2D eigenvalue weighted by Crippen LogP contribution is 2.34. The quantitative estimate of drug-likeness (QED) is 0.802. The zero-order valence-electron chi connectivity index (χ0n) is 11.9. The van der Waals surface area contributed by atoms with Crippen LogP contribution in [0.2, 0.25) is 0 Å². The zero-order valence-corrected chi connectivity index (χ0v) is 11.9. The van der Waals surface area contributed by atoms with Crippen LogP contribution in [0.4, 0.5) is 0 Å². The van der Waals surface area contributed by atoms with Crippen LogP contribution in [0.1, 0.15) is 57.6 Å². The van der Waals surface area contributed by atoms with Gasteiger partial charge in [0.05, 0.1) is 0 Å². The summed E-state index contributed by atoms with van der Waals surface area (Å²) in [5, 5.41) is 3.81. The first-order chi connectivity index (χ1) is 8.77. The molecule has 100 valence electrons.